The van der Waals surface area contributed by atoms with Crippen LogP contribution in [0.15, 0.2) is 54.7 Å². The molecular formula is C19H18N2O2S. The molecule has 0 spiro atoms. The van der Waals surface area contributed by atoms with Gasteiger partial charge in [-0.05, 0) is 37.3 Å². The van der Waals surface area contributed by atoms with Crippen molar-refractivity contribution in [3.63, 3.8) is 0 Å². The van der Waals surface area contributed by atoms with Gasteiger partial charge in [0, 0.05) is 28.7 Å². The molecule has 0 aliphatic rings. The number of aromatic nitrogens is 1. The van der Waals surface area contributed by atoms with Crippen molar-refractivity contribution in [3.8, 4) is 16.3 Å². The van der Waals surface area contributed by atoms with Gasteiger partial charge in [-0.25, -0.2) is 0 Å². The van der Waals surface area contributed by atoms with E-state index in [4.69, 9.17) is 4.74 Å². The molecule has 0 bridgehead atoms. The van der Waals surface area contributed by atoms with Crippen LogP contribution in [0.25, 0.3) is 10.6 Å². The van der Waals surface area contributed by atoms with Crippen LogP contribution >= 0.6 is 11.3 Å². The van der Waals surface area contributed by atoms with Gasteiger partial charge in [-0.15, -0.1) is 11.3 Å². The third kappa shape index (κ3) is 3.63. The topological polar surface area (TPSA) is 51.2 Å². The largest absolute Gasteiger partial charge is 0.496 e. The molecule has 5 heteroatoms. The zero-order valence-electron chi connectivity index (χ0n) is 13.6. The minimum absolute atomic E-state index is 0.127. The van der Waals surface area contributed by atoms with Crippen LogP contribution in [0.2, 0.25) is 0 Å². The summed E-state index contributed by atoms with van der Waals surface area (Å²) in [7, 11) is 1.62. The van der Waals surface area contributed by atoms with Gasteiger partial charge in [-0.3, -0.25) is 9.78 Å². The van der Waals surface area contributed by atoms with Gasteiger partial charge in [0.15, 0.2) is 0 Å². The molecule has 4 nitrogen and oxygen atoms in total. The Hall–Kier alpha value is -2.66. The van der Waals surface area contributed by atoms with Crippen molar-refractivity contribution in [1.82, 2.24) is 10.3 Å². The number of pyridine rings is 1. The molecule has 0 unspecified atom stereocenters. The predicted molar refractivity (Wildman–Crippen MR) is 96.5 cm³/mol. The number of carbonyl (C=O) groups is 1. The quantitative estimate of drug-likeness (QED) is 0.763. The van der Waals surface area contributed by atoms with Crippen LogP contribution in [0.3, 0.4) is 0 Å². The number of rotatable bonds is 5. The van der Waals surface area contributed by atoms with Crippen LogP contribution in [-0.4, -0.2) is 18.0 Å². The first-order chi connectivity index (χ1) is 11.7. The van der Waals surface area contributed by atoms with E-state index < -0.39 is 0 Å². The summed E-state index contributed by atoms with van der Waals surface area (Å²) in [4.78, 5) is 19.1. The number of thiophene rings is 1. The molecule has 0 aliphatic carbocycles. The van der Waals surface area contributed by atoms with Gasteiger partial charge in [-0.1, -0.05) is 18.2 Å². The van der Waals surface area contributed by atoms with E-state index in [1.165, 1.54) is 4.88 Å². The Morgan fingerprint density at radius 1 is 1.21 bits per heavy atom. The van der Waals surface area contributed by atoms with Gasteiger partial charge in [-0.2, -0.15) is 0 Å². The Bertz CT molecular complexity index is 858. The summed E-state index contributed by atoms with van der Waals surface area (Å²) >= 11 is 1.67. The molecule has 0 aliphatic heterocycles. The fourth-order valence-corrected chi connectivity index (χ4v) is 3.24. The van der Waals surface area contributed by atoms with E-state index in [0.717, 1.165) is 21.9 Å². The minimum atomic E-state index is -0.127. The Morgan fingerprint density at radius 2 is 2.04 bits per heavy atom. The summed E-state index contributed by atoms with van der Waals surface area (Å²) in [6, 6.07) is 15.3. The van der Waals surface area contributed by atoms with Gasteiger partial charge in [0.2, 0.25) is 0 Å². The highest BCUT2D eigenvalue weighted by Crippen LogP contribution is 2.26. The molecule has 2 heterocycles. The third-order valence-corrected chi connectivity index (χ3v) is 4.67. The molecule has 0 radical (unpaired) electrons. The fraction of sp³-hybridized carbons (Fsp3) is 0.158. The van der Waals surface area contributed by atoms with Crippen LogP contribution in [0.5, 0.6) is 5.75 Å². The molecule has 1 amide bonds. The highest BCUT2D eigenvalue weighted by atomic mass is 32.1. The van der Waals surface area contributed by atoms with Gasteiger partial charge >= 0.3 is 0 Å². The molecule has 3 rings (SSSR count). The van der Waals surface area contributed by atoms with Crippen molar-refractivity contribution in [1.29, 1.82) is 0 Å². The number of benzene rings is 1. The first-order valence-corrected chi connectivity index (χ1v) is 8.42. The summed E-state index contributed by atoms with van der Waals surface area (Å²) < 4.78 is 5.30. The zero-order chi connectivity index (χ0) is 16.9. The van der Waals surface area contributed by atoms with Crippen LogP contribution < -0.4 is 10.1 Å². The average molecular weight is 338 g/mol. The minimum Gasteiger partial charge on any atom is -0.496 e. The molecular weight excluding hydrogens is 320 g/mol. The maximum Gasteiger partial charge on any atom is 0.251 e. The van der Waals surface area contributed by atoms with Crippen LogP contribution in [-0.2, 0) is 6.54 Å². The SMILES string of the molecule is COc1ccccc1CNC(=O)c1ccnc(-c2ccc(C)s2)c1. The van der Waals surface area contributed by atoms with Crippen molar-refractivity contribution < 1.29 is 9.53 Å². The van der Waals surface area contributed by atoms with E-state index in [2.05, 4.69) is 23.3 Å². The van der Waals surface area contributed by atoms with E-state index >= 15 is 0 Å². The van der Waals surface area contributed by atoms with Crippen molar-refractivity contribution in [2.45, 2.75) is 13.5 Å². The average Bonchev–Trinajstić information content (AvgIpc) is 3.06. The normalized spacial score (nSPS) is 10.4. The second-order valence-electron chi connectivity index (χ2n) is 5.33. The summed E-state index contributed by atoms with van der Waals surface area (Å²) in [5.74, 6) is 0.639. The molecule has 0 fully saturated rings. The molecule has 0 atom stereocenters. The number of ether oxygens (including phenoxy) is 1. The summed E-state index contributed by atoms with van der Waals surface area (Å²) in [5, 5.41) is 2.93. The van der Waals surface area contributed by atoms with E-state index in [1.54, 1.807) is 30.7 Å². The molecule has 1 N–H and O–H groups in total. The van der Waals surface area contributed by atoms with Crippen molar-refractivity contribution in [3.05, 3.63) is 70.7 Å². The summed E-state index contributed by atoms with van der Waals surface area (Å²) in [6.45, 7) is 2.47. The number of nitrogens with one attached hydrogen (secondary N) is 1. The van der Waals surface area contributed by atoms with E-state index in [-0.39, 0.29) is 5.91 Å². The second-order valence-corrected chi connectivity index (χ2v) is 6.62. The van der Waals surface area contributed by atoms with Crippen LogP contribution in [0.4, 0.5) is 0 Å². The lowest BCUT2D eigenvalue weighted by Crippen LogP contribution is -2.23. The van der Waals surface area contributed by atoms with Crippen LogP contribution in [0.1, 0.15) is 20.8 Å². The first kappa shape index (κ1) is 16.2. The monoisotopic (exact) mass is 338 g/mol. The standard InChI is InChI=1S/C19H18N2O2S/c1-13-7-8-18(24-13)16-11-14(9-10-20-16)19(22)21-12-15-5-3-4-6-17(15)23-2/h3-11H,12H2,1-2H3,(H,21,22). The van der Waals surface area contributed by atoms with Gasteiger partial charge in [0.25, 0.3) is 5.91 Å². The van der Waals surface area contributed by atoms with Crippen molar-refractivity contribution in [2.24, 2.45) is 0 Å². The molecule has 24 heavy (non-hydrogen) atoms. The molecule has 2 aromatic heterocycles. The Kier molecular flexibility index (Phi) is 4.91. The van der Waals surface area contributed by atoms with Gasteiger partial charge in [0.1, 0.15) is 5.75 Å². The second kappa shape index (κ2) is 7.27. The van der Waals surface area contributed by atoms with Crippen molar-refractivity contribution >= 4 is 17.2 Å². The highest BCUT2D eigenvalue weighted by Gasteiger charge is 2.10. The Morgan fingerprint density at radius 3 is 2.79 bits per heavy atom. The number of hydrogen-bond donors (Lipinski definition) is 1. The maximum absolute atomic E-state index is 12.4. The Labute approximate surface area is 145 Å². The maximum atomic E-state index is 12.4. The van der Waals surface area contributed by atoms with E-state index in [0.29, 0.717) is 12.1 Å². The number of hydrogen-bond acceptors (Lipinski definition) is 4. The molecule has 0 saturated carbocycles. The summed E-state index contributed by atoms with van der Waals surface area (Å²) in [6.07, 6.45) is 1.67. The zero-order valence-corrected chi connectivity index (χ0v) is 14.4. The van der Waals surface area contributed by atoms with Crippen LogP contribution in [0, 0.1) is 6.92 Å². The van der Waals surface area contributed by atoms with Gasteiger partial charge < -0.3 is 10.1 Å². The highest BCUT2D eigenvalue weighted by molar-refractivity contribution is 7.15. The number of aryl methyl sites for hydroxylation is 1. The number of amides is 1. The van der Waals surface area contributed by atoms with Gasteiger partial charge in [0.05, 0.1) is 17.7 Å². The predicted octanol–water partition coefficient (Wildman–Crippen LogP) is 4.06. The number of methoxy groups -OCH3 is 1. The molecule has 122 valence electrons. The lowest BCUT2D eigenvalue weighted by molar-refractivity contribution is 0.0950. The lowest BCUT2D eigenvalue weighted by atomic mass is 10.1. The third-order valence-electron chi connectivity index (χ3n) is 3.65. The lowest BCUT2D eigenvalue weighted by Gasteiger charge is -2.10. The molecule has 3 aromatic rings. The smallest absolute Gasteiger partial charge is 0.251 e. The first-order valence-electron chi connectivity index (χ1n) is 7.60. The van der Waals surface area contributed by atoms with Crippen molar-refractivity contribution in [2.75, 3.05) is 7.11 Å². The molecule has 1 aromatic carbocycles. The van der Waals surface area contributed by atoms with E-state index in [9.17, 15) is 4.79 Å². The van der Waals surface area contributed by atoms with E-state index in [1.807, 2.05) is 36.4 Å². The number of carbonyl (C=O) groups excluding carboxylic acids is 1. The number of nitrogens with zero attached hydrogens (tertiary/aromatic N) is 1. The molecule has 0 saturated heterocycles. The Balaban J connectivity index is 1.73. The summed E-state index contributed by atoms with van der Waals surface area (Å²) in [5.41, 5.74) is 2.36. The number of para-hydroxylation sites is 1. The fourth-order valence-electron chi connectivity index (χ4n) is 2.41.